The number of para-hydroxylation sites is 2. The molecule has 0 bridgehead atoms. The second kappa shape index (κ2) is 8.69. The van der Waals surface area contributed by atoms with E-state index in [2.05, 4.69) is 14.7 Å². The number of carboxylic acids is 1. The molecule has 0 fully saturated rings. The Hall–Kier alpha value is -3.89. The Labute approximate surface area is 183 Å². The van der Waals surface area contributed by atoms with Gasteiger partial charge in [0, 0.05) is 12.1 Å². The largest absolute Gasteiger partial charge is 0.482 e. The summed E-state index contributed by atoms with van der Waals surface area (Å²) in [7, 11) is -3.92. The van der Waals surface area contributed by atoms with E-state index >= 15 is 0 Å². The molecule has 0 aliphatic carbocycles. The fourth-order valence-corrected chi connectivity index (χ4v) is 4.31. The highest BCUT2D eigenvalue weighted by molar-refractivity contribution is 7.92. The molecular formula is C22H20N4O5S. The zero-order chi connectivity index (χ0) is 22.7. The number of imidazole rings is 1. The van der Waals surface area contributed by atoms with Crippen LogP contribution in [-0.2, 0) is 21.4 Å². The van der Waals surface area contributed by atoms with E-state index in [1.54, 1.807) is 24.3 Å². The number of aromatic nitrogens is 2. The molecule has 0 radical (unpaired) electrons. The lowest BCUT2D eigenvalue weighted by Crippen LogP contribution is -2.14. The summed E-state index contributed by atoms with van der Waals surface area (Å²) in [5.74, 6) is -0.356. The maximum atomic E-state index is 12.9. The summed E-state index contributed by atoms with van der Waals surface area (Å²) < 4.78 is 33.5. The van der Waals surface area contributed by atoms with Crippen LogP contribution < -0.4 is 15.2 Å². The van der Waals surface area contributed by atoms with Crippen LogP contribution in [0.4, 0.5) is 5.69 Å². The van der Waals surface area contributed by atoms with Gasteiger partial charge < -0.3 is 20.6 Å². The molecule has 9 nitrogen and oxygen atoms in total. The second-order valence-corrected chi connectivity index (χ2v) is 8.59. The van der Waals surface area contributed by atoms with Gasteiger partial charge in [-0.05, 0) is 48.0 Å². The number of hydrogen-bond donors (Lipinski definition) is 4. The maximum absolute atomic E-state index is 12.9. The molecule has 0 amide bonds. The average Bonchev–Trinajstić information content (AvgIpc) is 3.22. The van der Waals surface area contributed by atoms with Crippen molar-refractivity contribution >= 4 is 32.7 Å². The van der Waals surface area contributed by atoms with Gasteiger partial charge in [-0.15, -0.1) is 0 Å². The Morgan fingerprint density at radius 2 is 1.81 bits per heavy atom. The van der Waals surface area contributed by atoms with Gasteiger partial charge in [0.1, 0.15) is 11.6 Å². The summed E-state index contributed by atoms with van der Waals surface area (Å²) in [4.78, 5) is 18.4. The Balaban J connectivity index is 1.64. The summed E-state index contributed by atoms with van der Waals surface area (Å²) >= 11 is 0. The van der Waals surface area contributed by atoms with Crippen molar-refractivity contribution in [1.29, 1.82) is 0 Å². The number of carbonyl (C=O) groups is 1. The number of nitrogens with zero attached hydrogens (tertiary/aromatic N) is 1. The van der Waals surface area contributed by atoms with E-state index in [0.717, 1.165) is 16.6 Å². The standard InChI is InChI=1S/C22H20N4O5S/c23-12-14-4-3-7-19-21(14)25-22(24-19)17-5-1-2-6-18(17)26-32(29,30)16-10-8-15(9-11-16)31-13-20(27)28/h1-11,26H,12-13,23H2,(H,24,25)(H,27,28). The number of nitrogens with one attached hydrogen (secondary N) is 2. The molecule has 0 atom stereocenters. The lowest BCUT2D eigenvalue weighted by Gasteiger charge is -2.12. The third-order valence-electron chi connectivity index (χ3n) is 4.74. The number of nitrogens with two attached hydrogens (primary N) is 1. The van der Waals surface area contributed by atoms with Crippen LogP contribution >= 0.6 is 0 Å². The molecule has 0 aliphatic rings. The van der Waals surface area contributed by atoms with Gasteiger partial charge in [0.15, 0.2) is 6.61 Å². The Morgan fingerprint density at radius 3 is 2.53 bits per heavy atom. The number of aliphatic carboxylic acids is 1. The molecule has 3 aromatic carbocycles. The van der Waals surface area contributed by atoms with E-state index in [1.165, 1.54) is 24.3 Å². The number of anilines is 1. The highest BCUT2D eigenvalue weighted by atomic mass is 32.2. The maximum Gasteiger partial charge on any atom is 0.341 e. The molecule has 0 saturated heterocycles. The zero-order valence-electron chi connectivity index (χ0n) is 16.8. The van der Waals surface area contributed by atoms with Gasteiger partial charge in [-0.1, -0.05) is 24.3 Å². The number of sulfonamides is 1. The molecule has 4 aromatic rings. The molecule has 0 aliphatic heterocycles. The minimum absolute atomic E-state index is 0.00463. The Bertz CT molecular complexity index is 1380. The van der Waals surface area contributed by atoms with E-state index in [-0.39, 0.29) is 10.6 Å². The van der Waals surface area contributed by atoms with Gasteiger partial charge in [0.25, 0.3) is 10.0 Å². The minimum atomic E-state index is -3.92. The van der Waals surface area contributed by atoms with Crippen molar-refractivity contribution < 1.29 is 23.1 Å². The van der Waals surface area contributed by atoms with E-state index in [4.69, 9.17) is 15.6 Å². The number of aromatic amines is 1. The van der Waals surface area contributed by atoms with Crippen LogP contribution in [0.1, 0.15) is 5.56 Å². The van der Waals surface area contributed by atoms with Crippen LogP contribution in [0.25, 0.3) is 22.4 Å². The third-order valence-corrected chi connectivity index (χ3v) is 6.12. The Kier molecular flexibility index (Phi) is 5.80. The van der Waals surface area contributed by atoms with E-state index in [1.807, 2.05) is 18.2 Å². The summed E-state index contributed by atoms with van der Waals surface area (Å²) in [6.07, 6.45) is 0. The lowest BCUT2D eigenvalue weighted by atomic mass is 10.2. The molecular weight excluding hydrogens is 432 g/mol. The smallest absolute Gasteiger partial charge is 0.341 e. The first-order valence-electron chi connectivity index (χ1n) is 9.62. The first-order chi connectivity index (χ1) is 15.4. The first-order valence-corrected chi connectivity index (χ1v) is 11.1. The van der Waals surface area contributed by atoms with Crippen molar-refractivity contribution in [2.24, 2.45) is 5.73 Å². The molecule has 5 N–H and O–H groups in total. The van der Waals surface area contributed by atoms with Crippen molar-refractivity contribution in [3.8, 4) is 17.1 Å². The highest BCUT2D eigenvalue weighted by Crippen LogP contribution is 2.30. The quantitative estimate of drug-likeness (QED) is 0.321. The third kappa shape index (κ3) is 4.41. The van der Waals surface area contributed by atoms with Gasteiger partial charge in [-0.2, -0.15) is 0 Å². The molecule has 1 heterocycles. The summed E-state index contributed by atoms with van der Waals surface area (Å²) in [6, 6.07) is 18.1. The molecule has 164 valence electrons. The lowest BCUT2D eigenvalue weighted by molar-refractivity contribution is -0.139. The van der Waals surface area contributed by atoms with Crippen LogP contribution in [0.3, 0.4) is 0 Å². The van der Waals surface area contributed by atoms with Crippen LogP contribution in [0.5, 0.6) is 5.75 Å². The summed E-state index contributed by atoms with van der Waals surface area (Å²) in [5, 5.41) is 8.67. The van der Waals surface area contributed by atoms with Gasteiger partial charge >= 0.3 is 5.97 Å². The summed E-state index contributed by atoms with van der Waals surface area (Å²) in [5.41, 5.74) is 9.16. The zero-order valence-corrected chi connectivity index (χ0v) is 17.6. The van der Waals surface area contributed by atoms with Gasteiger partial charge in [-0.25, -0.2) is 18.2 Å². The van der Waals surface area contributed by atoms with Gasteiger partial charge in [-0.3, -0.25) is 4.72 Å². The minimum Gasteiger partial charge on any atom is -0.482 e. The molecule has 32 heavy (non-hydrogen) atoms. The van der Waals surface area contributed by atoms with Crippen molar-refractivity contribution in [2.45, 2.75) is 11.4 Å². The number of benzene rings is 3. The molecule has 1 aromatic heterocycles. The molecule has 0 spiro atoms. The van der Waals surface area contributed by atoms with Crippen LogP contribution in [-0.4, -0.2) is 36.1 Å². The Morgan fingerprint density at radius 1 is 1.06 bits per heavy atom. The van der Waals surface area contributed by atoms with Crippen molar-refractivity contribution in [3.05, 3.63) is 72.3 Å². The van der Waals surface area contributed by atoms with Crippen LogP contribution in [0, 0.1) is 0 Å². The van der Waals surface area contributed by atoms with Crippen LogP contribution in [0.2, 0.25) is 0 Å². The predicted molar refractivity (Wildman–Crippen MR) is 120 cm³/mol. The van der Waals surface area contributed by atoms with E-state index in [0.29, 0.717) is 23.6 Å². The number of H-pyrrole nitrogens is 1. The van der Waals surface area contributed by atoms with E-state index in [9.17, 15) is 13.2 Å². The normalized spacial score (nSPS) is 11.4. The first kappa shape index (κ1) is 21.3. The monoisotopic (exact) mass is 452 g/mol. The van der Waals surface area contributed by atoms with Crippen molar-refractivity contribution in [2.75, 3.05) is 11.3 Å². The predicted octanol–water partition coefficient (Wildman–Crippen LogP) is 2.95. The fourth-order valence-electron chi connectivity index (χ4n) is 3.23. The second-order valence-electron chi connectivity index (χ2n) is 6.91. The number of hydrogen-bond acceptors (Lipinski definition) is 6. The number of rotatable bonds is 8. The van der Waals surface area contributed by atoms with Crippen LogP contribution in [0.15, 0.2) is 71.6 Å². The SMILES string of the molecule is NCc1cccc2[nH]c(-c3ccccc3NS(=O)(=O)c3ccc(OCC(=O)O)cc3)nc12. The summed E-state index contributed by atoms with van der Waals surface area (Å²) in [6.45, 7) is -0.177. The number of ether oxygens (including phenoxy) is 1. The average molecular weight is 452 g/mol. The van der Waals surface area contributed by atoms with Crippen molar-refractivity contribution in [3.63, 3.8) is 0 Å². The number of carboxylic acid groups (broad SMARTS) is 1. The van der Waals surface area contributed by atoms with Crippen molar-refractivity contribution in [1.82, 2.24) is 9.97 Å². The molecule has 10 heteroatoms. The fraction of sp³-hybridized carbons (Fsp3) is 0.0909. The molecule has 4 rings (SSSR count). The van der Waals surface area contributed by atoms with Gasteiger partial charge in [0.05, 0.1) is 21.6 Å². The molecule has 0 saturated carbocycles. The molecule has 0 unspecified atom stereocenters. The van der Waals surface area contributed by atoms with E-state index < -0.39 is 22.6 Å². The topological polar surface area (TPSA) is 147 Å². The highest BCUT2D eigenvalue weighted by Gasteiger charge is 2.18. The van der Waals surface area contributed by atoms with Gasteiger partial charge in [0.2, 0.25) is 0 Å². The number of fused-ring (bicyclic) bond motifs is 1.